The van der Waals surface area contributed by atoms with E-state index in [-0.39, 0.29) is 12.2 Å². The molecule has 64 valence electrons. The highest BCUT2D eigenvalue weighted by Gasteiger charge is 2.02. The van der Waals surface area contributed by atoms with Crippen LogP contribution in [0.1, 0.15) is 0 Å². The van der Waals surface area contributed by atoms with Gasteiger partial charge in [-0.2, -0.15) is 0 Å². The first-order chi connectivity index (χ1) is 6.33. The van der Waals surface area contributed by atoms with Crippen LogP contribution in [0.15, 0.2) is 29.2 Å². The van der Waals surface area contributed by atoms with Crippen molar-refractivity contribution in [1.29, 1.82) is 0 Å². The quantitative estimate of drug-likeness (QED) is 0.575. The van der Waals surface area contributed by atoms with Gasteiger partial charge in [0.1, 0.15) is 6.54 Å². The van der Waals surface area contributed by atoms with Crippen molar-refractivity contribution in [3.05, 3.63) is 34.9 Å². The number of aromatic nitrogens is 3. The molecule has 0 unspecified atom stereocenters. The average molecular weight is 173 g/mol. The molecule has 0 aromatic carbocycles. The van der Waals surface area contributed by atoms with Gasteiger partial charge in [-0.05, 0) is 12.1 Å². The van der Waals surface area contributed by atoms with Crippen molar-refractivity contribution in [2.24, 2.45) is 0 Å². The first-order valence-electron chi connectivity index (χ1n) is 3.80. The zero-order chi connectivity index (χ0) is 9.26. The summed E-state index contributed by atoms with van der Waals surface area (Å²) in [7, 11) is 0. The van der Waals surface area contributed by atoms with Crippen LogP contribution in [0.2, 0.25) is 0 Å². The van der Waals surface area contributed by atoms with Crippen LogP contribution >= 0.6 is 0 Å². The zero-order valence-electron chi connectivity index (χ0n) is 6.84. The van der Waals surface area contributed by atoms with Crippen molar-refractivity contribution in [3.63, 3.8) is 0 Å². The minimum atomic E-state index is -0.200. The number of rotatable bonds is 1. The van der Waals surface area contributed by atoms with Gasteiger partial charge < -0.3 is 0 Å². The Morgan fingerprint density at radius 1 is 1.54 bits per heavy atom. The Balaban J connectivity index is 2.76. The first kappa shape index (κ1) is 7.62. The number of hydrogen-bond donors (Lipinski definition) is 0. The molecule has 4 heteroatoms. The SMILES string of the molecule is C#CCn1nc2ccccn2c1=O. The van der Waals surface area contributed by atoms with E-state index in [2.05, 4.69) is 11.0 Å². The van der Waals surface area contributed by atoms with E-state index in [0.29, 0.717) is 5.65 Å². The summed E-state index contributed by atoms with van der Waals surface area (Å²) >= 11 is 0. The Bertz CT molecular complexity index is 530. The lowest BCUT2D eigenvalue weighted by Gasteiger charge is -1.86. The maximum absolute atomic E-state index is 11.5. The third kappa shape index (κ3) is 1.11. The normalized spacial score (nSPS) is 10.1. The third-order valence-corrected chi connectivity index (χ3v) is 1.73. The summed E-state index contributed by atoms with van der Waals surface area (Å²) in [5, 5.41) is 4.03. The van der Waals surface area contributed by atoms with E-state index in [0.717, 1.165) is 0 Å². The Morgan fingerprint density at radius 3 is 3.08 bits per heavy atom. The lowest BCUT2D eigenvalue weighted by Crippen LogP contribution is -2.20. The van der Waals surface area contributed by atoms with Crippen LogP contribution < -0.4 is 5.69 Å². The summed E-state index contributed by atoms with van der Waals surface area (Å²) in [6.45, 7) is 0.209. The topological polar surface area (TPSA) is 39.3 Å². The molecule has 0 aliphatic rings. The molecule has 0 N–H and O–H groups in total. The minimum absolute atomic E-state index is 0.200. The Labute approximate surface area is 74.4 Å². The van der Waals surface area contributed by atoms with Crippen molar-refractivity contribution in [2.45, 2.75) is 6.54 Å². The molecular weight excluding hydrogens is 166 g/mol. The molecule has 13 heavy (non-hydrogen) atoms. The third-order valence-electron chi connectivity index (χ3n) is 1.73. The van der Waals surface area contributed by atoms with Crippen LogP contribution in [0.4, 0.5) is 0 Å². The van der Waals surface area contributed by atoms with Crippen LogP contribution in [-0.4, -0.2) is 14.2 Å². The highest BCUT2D eigenvalue weighted by Crippen LogP contribution is 1.93. The predicted octanol–water partition coefficient (Wildman–Crippen LogP) is 0.129. The Morgan fingerprint density at radius 2 is 2.38 bits per heavy atom. The molecule has 0 radical (unpaired) electrons. The van der Waals surface area contributed by atoms with E-state index in [9.17, 15) is 4.79 Å². The Kier molecular flexibility index (Phi) is 1.64. The largest absolute Gasteiger partial charge is 0.351 e. The predicted molar refractivity (Wildman–Crippen MR) is 48.3 cm³/mol. The molecule has 2 aromatic rings. The molecule has 0 aliphatic heterocycles. The minimum Gasteiger partial charge on any atom is -0.250 e. The first-order valence-corrected chi connectivity index (χ1v) is 3.80. The highest BCUT2D eigenvalue weighted by atomic mass is 16.2. The smallest absolute Gasteiger partial charge is 0.250 e. The van der Waals surface area contributed by atoms with E-state index < -0.39 is 0 Å². The highest BCUT2D eigenvalue weighted by molar-refractivity contribution is 5.35. The second kappa shape index (κ2) is 2.79. The monoisotopic (exact) mass is 173 g/mol. The van der Waals surface area contributed by atoms with Crippen LogP contribution in [-0.2, 0) is 6.54 Å². The van der Waals surface area contributed by atoms with Gasteiger partial charge >= 0.3 is 5.69 Å². The maximum Gasteiger partial charge on any atom is 0.351 e. The van der Waals surface area contributed by atoms with Crippen molar-refractivity contribution in [1.82, 2.24) is 14.2 Å². The van der Waals surface area contributed by atoms with Gasteiger partial charge in [-0.25, -0.2) is 9.48 Å². The number of nitrogens with zero attached hydrogens (tertiary/aromatic N) is 3. The van der Waals surface area contributed by atoms with Crippen LogP contribution in [0.25, 0.3) is 5.65 Å². The van der Waals surface area contributed by atoms with Gasteiger partial charge in [-0.1, -0.05) is 12.0 Å². The molecule has 2 aromatic heterocycles. The molecule has 4 nitrogen and oxygen atoms in total. The fraction of sp³-hybridized carbons (Fsp3) is 0.111. The van der Waals surface area contributed by atoms with E-state index >= 15 is 0 Å². The summed E-state index contributed by atoms with van der Waals surface area (Å²) in [6.07, 6.45) is 6.76. The van der Waals surface area contributed by atoms with Crippen LogP contribution in [0, 0.1) is 12.3 Å². The van der Waals surface area contributed by atoms with Crippen molar-refractivity contribution < 1.29 is 0 Å². The summed E-state index contributed by atoms with van der Waals surface area (Å²) in [6, 6.07) is 5.35. The van der Waals surface area contributed by atoms with Gasteiger partial charge in [-0.3, -0.25) is 4.40 Å². The second-order valence-electron chi connectivity index (χ2n) is 2.57. The Hall–Kier alpha value is -2.02. The summed E-state index contributed by atoms with van der Waals surface area (Å²) < 4.78 is 2.71. The van der Waals surface area contributed by atoms with Gasteiger partial charge in [0.25, 0.3) is 0 Å². The number of fused-ring (bicyclic) bond motifs is 1. The molecule has 0 fully saturated rings. The molecule has 2 rings (SSSR count). The standard InChI is InChI=1S/C9H7N3O/c1-2-6-12-9(13)11-7-4-3-5-8(11)10-12/h1,3-5,7H,6H2. The molecular formula is C9H7N3O. The molecule has 0 saturated carbocycles. The van der Waals surface area contributed by atoms with E-state index in [1.807, 2.05) is 6.07 Å². The average Bonchev–Trinajstić information content (AvgIpc) is 2.46. The second-order valence-corrected chi connectivity index (χ2v) is 2.57. The fourth-order valence-electron chi connectivity index (χ4n) is 1.16. The van der Waals surface area contributed by atoms with Crippen molar-refractivity contribution in [3.8, 4) is 12.3 Å². The summed E-state index contributed by atoms with van der Waals surface area (Å²) in [4.78, 5) is 11.5. The van der Waals surface area contributed by atoms with Crippen molar-refractivity contribution >= 4 is 5.65 Å². The molecule has 0 aliphatic carbocycles. The molecule has 2 heterocycles. The molecule has 0 amide bonds. The van der Waals surface area contributed by atoms with Gasteiger partial charge in [0.15, 0.2) is 5.65 Å². The van der Waals surface area contributed by atoms with Crippen LogP contribution in [0.5, 0.6) is 0 Å². The maximum atomic E-state index is 11.5. The number of terminal acetylenes is 1. The summed E-state index contributed by atoms with van der Waals surface area (Å²) in [5.74, 6) is 2.37. The molecule has 0 saturated heterocycles. The van der Waals surface area contributed by atoms with Crippen molar-refractivity contribution in [2.75, 3.05) is 0 Å². The number of pyridine rings is 1. The van der Waals surface area contributed by atoms with E-state index in [1.165, 1.54) is 9.08 Å². The van der Waals surface area contributed by atoms with Gasteiger partial charge in [-0.15, -0.1) is 11.5 Å². The molecule has 0 spiro atoms. The van der Waals surface area contributed by atoms with Crippen LogP contribution in [0.3, 0.4) is 0 Å². The lowest BCUT2D eigenvalue weighted by atomic mass is 10.5. The van der Waals surface area contributed by atoms with E-state index in [4.69, 9.17) is 6.42 Å². The lowest BCUT2D eigenvalue weighted by molar-refractivity contribution is 0.685. The van der Waals surface area contributed by atoms with Gasteiger partial charge in [0, 0.05) is 6.20 Å². The van der Waals surface area contributed by atoms with E-state index in [1.54, 1.807) is 18.3 Å². The zero-order valence-corrected chi connectivity index (χ0v) is 6.84. The molecule has 0 bridgehead atoms. The number of hydrogen-bond acceptors (Lipinski definition) is 2. The van der Waals surface area contributed by atoms with Gasteiger partial charge in [0.05, 0.1) is 0 Å². The molecule has 0 atom stereocenters. The van der Waals surface area contributed by atoms with Gasteiger partial charge in [0.2, 0.25) is 0 Å². The fourth-order valence-corrected chi connectivity index (χ4v) is 1.16. The summed E-state index contributed by atoms with van der Waals surface area (Å²) in [5.41, 5.74) is 0.413.